The van der Waals surface area contributed by atoms with Gasteiger partial charge in [0.15, 0.2) is 11.6 Å². The lowest BCUT2D eigenvalue weighted by molar-refractivity contribution is 0.0894. The number of hydrogen-bond acceptors (Lipinski definition) is 4. The highest BCUT2D eigenvalue weighted by Crippen LogP contribution is 2.08. The molecule has 0 aliphatic rings. The zero-order chi connectivity index (χ0) is 16.7. The first kappa shape index (κ1) is 17.3. The van der Waals surface area contributed by atoms with Crippen molar-refractivity contribution in [1.29, 1.82) is 0 Å². The largest absolute Gasteiger partial charge is 0.423 e. The van der Waals surface area contributed by atoms with Crippen molar-refractivity contribution in [2.24, 2.45) is 0 Å². The Labute approximate surface area is 137 Å². The lowest BCUT2D eigenvalue weighted by Gasteiger charge is -2.12. The molecule has 0 aliphatic carbocycles. The minimum absolute atomic E-state index is 0.142. The van der Waals surface area contributed by atoms with Crippen LogP contribution in [0, 0.1) is 0 Å². The zero-order valence-corrected chi connectivity index (χ0v) is 14.2. The first-order chi connectivity index (χ1) is 11.2. The number of carbonyl (C=O) groups excluding carboxylic acids is 2. The summed E-state index contributed by atoms with van der Waals surface area (Å²) >= 11 is 0. The Morgan fingerprint density at radius 3 is 2.26 bits per heavy atom. The molecule has 119 valence electrons. The first-order valence-electron chi connectivity index (χ1n) is 7.41. The Bertz CT molecular complexity index is 670. The summed E-state index contributed by atoms with van der Waals surface area (Å²) in [6.07, 6.45) is -0.142. The Kier molecular flexibility index (Phi) is 6.40. The molecule has 0 atom stereocenters. The summed E-state index contributed by atoms with van der Waals surface area (Å²) < 4.78 is 10.9. The molecule has 0 N–H and O–H groups in total. The normalized spacial score (nSPS) is 10.7. The summed E-state index contributed by atoms with van der Waals surface area (Å²) in [7, 11) is 0.0102. The minimum Gasteiger partial charge on any atom is -0.393 e. The molecule has 5 heteroatoms. The summed E-state index contributed by atoms with van der Waals surface area (Å²) in [5.41, 5.74) is 1.05. The van der Waals surface area contributed by atoms with Gasteiger partial charge in [0.1, 0.15) is 0 Å². The fourth-order valence-electron chi connectivity index (χ4n) is 2.18. The second kappa shape index (κ2) is 8.52. The van der Waals surface area contributed by atoms with Gasteiger partial charge in [-0.3, -0.25) is 9.59 Å². The van der Waals surface area contributed by atoms with Gasteiger partial charge < -0.3 is 8.85 Å². The van der Waals surface area contributed by atoms with E-state index in [1.807, 2.05) is 19.1 Å². The molecule has 2 rings (SSSR count). The highest BCUT2D eigenvalue weighted by Gasteiger charge is 2.19. The summed E-state index contributed by atoms with van der Waals surface area (Å²) in [6, 6.07) is 16.0. The van der Waals surface area contributed by atoms with Crippen LogP contribution in [0.5, 0.6) is 0 Å². The number of carbonyl (C=O) groups is 2. The van der Waals surface area contributed by atoms with Crippen LogP contribution in [0.25, 0.3) is 0 Å². The molecule has 0 fully saturated rings. The van der Waals surface area contributed by atoms with Gasteiger partial charge in [0, 0.05) is 24.8 Å². The maximum absolute atomic E-state index is 12.4. The van der Waals surface area contributed by atoms with Gasteiger partial charge in [-0.1, -0.05) is 48.5 Å². The van der Waals surface area contributed by atoms with Crippen LogP contribution in [0.15, 0.2) is 54.6 Å². The topological polar surface area (TPSA) is 52.6 Å². The minimum atomic E-state index is -1.58. The molecule has 0 aromatic heterocycles. The van der Waals surface area contributed by atoms with E-state index >= 15 is 0 Å². The van der Waals surface area contributed by atoms with Gasteiger partial charge in [-0.2, -0.15) is 0 Å². The fraction of sp³-hybridized carbons (Fsp3) is 0.222. The van der Waals surface area contributed by atoms with Crippen molar-refractivity contribution in [3.05, 3.63) is 65.7 Å². The third kappa shape index (κ3) is 4.69. The van der Waals surface area contributed by atoms with Crippen LogP contribution in [0.3, 0.4) is 0 Å². The molecule has 2 aromatic carbocycles. The Balaban J connectivity index is 2.12. The lowest BCUT2D eigenvalue weighted by atomic mass is 10.0. The molecule has 0 heterocycles. The molecule has 0 unspecified atom stereocenters. The first-order valence-corrected chi connectivity index (χ1v) is 8.73. The standard InChI is InChI=1S/C18H19O4Si/c1-3-22-23(21-2)16-11-7-10-15(12-16)18(20)13-17(19)14-8-5-4-6-9-14/h4-12H,3,13H2,1-2H3. The fourth-order valence-corrected chi connectivity index (χ4v) is 3.47. The number of benzene rings is 2. The van der Waals surface area contributed by atoms with Crippen molar-refractivity contribution in [3.63, 3.8) is 0 Å². The molecular weight excluding hydrogens is 308 g/mol. The monoisotopic (exact) mass is 327 g/mol. The van der Waals surface area contributed by atoms with Gasteiger partial charge in [0.2, 0.25) is 0 Å². The molecule has 2 aromatic rings. The van der Waals surface area contributed by atoms with Crippen molar-refractivity contribution in [1.82, 2.24) is 0 Å². The van der Waals surface area contributed by atoms with Crippen molar-refractivity contribution in [3.8, 4) is 0 Å². The predicted molar refractivity (Wildman–Crippen MR) is 90.2 cm³/mol. The van der Waals surface area contributed by atoms with E-state index in [2.05, 4.69) is 0 Å². The Hall–Kier alpha value is -2.08. The van der Waals surface area contributed by atoms with E-state index < -0.39 is 9.28 Å². The van der Waals surface area contributed by atoms with Crippen molar-refractivity contribution >= 4 is 26.0 Å². The molecule has 0 bridgehead atoms. The summed E-state index contributed by atoms with van der Waals surface area (Å²) in [6.45, 7) is 2.45. The quantitative estimate of drug-likeness (QED) is 0.425. The smallest absolute Gasteiger partial charge is 0.393 e. The van der Waals surface area contributed by atoms with Crippen LogP contribution in [0.1, 0.15) is 34.1 Å². The molecule has 23 heavy (non-hydrogen) atoms. The molecule has 0 aliphatic heterocycles. The molecule has 0 amide bonds. The van der Waals surface area contributed by atoms with Crippen LogP contribution >= 0.6 is 0 Å². The second-order valence-electron chi connectivity index (χ2n) is 4.89. The van der Waals surface area contributed by atoms with Crippen LogP contribution in [0.2, 0.25) is 0 Å². The summed E-state index contributed by atoms with van der Waals surface area (Å²) in [5, 5.41) is 0.859. The van der Waals surface area contributed by atoms with E-state index in [9.17, 15) is 9.59 Å². The molecule has 0 spiro atoms. The summed E-state index contributed by atoms with van der Waals surface area (Å²) in [5.74, 6) is -0.377. The number of ketones is 2. The molecule has 0 saturated heterocycles. The average molecular weight is 327 g/mol. The van der Waals surface area contributed by atoms with Gasteiger partial charge in [-0.05, 0) is 18.2 Å². The van der Waals surface area contributed by atoms with Gasteiger partial charge in [-0.15, -0.1) is 0 Å². The van der Waals surface area contributed by atoms with E-state index in [4.69, 9.17) is 8.85 Å². The predicted octanol–water partition coefficient (Wildman–Crippen LogP) is 2.52. The third-order valence-corrected chi connectivity index (χ3v) is 5.00. The lowest BCUT2D eigenvalue weighted by Crippen LogP contribution is -2.36. The van der Waals surface area contributed by atoms with E-state index in [-0.39, 0.29) is 18.0 Å². The average Bonchev–Trinajstić information content (AvgIpc) is 2.60. The Morgan fingerprint density at radius 2 is 1.61 bits per heavy atom. The van der Waals surface area contributed by atoms with E-state index in [0.717, 1.165) is 5.19 Å². The van der Waals surface area contributed by atoms with Crippen LogP contribution in [-0.2, 0) is 8.85 Å². The van der Waals surface area contributed by atoms with E-state index in [1.165, 1.54) is 0 Å². The van der Waals surface area contributed by atoms with E-state index in [0.29, 0.717) is 17.7 Å². The van der Waals surface area contributed by atoms with Gasteiger partial charge in [0.05, 0.1) is 6.42 Å². The maximum atomic E-state index is 12.4. The highest BCUT2D eigenvalue weighted by molar-refractivity contribution is 6.61. The van der Waals surface area contributed by atoms with Crippen LogP contribution in [0.4, 0.5) is 0 Å². The summed E-state index contributed by atoms with van der Waals surface area (Å²) in [4.78, 5) is 24.5. The molecule has 4 nitrogen and oxygen atoms in total. The zero-order valence-electron chi connectivity index (χ0n) is 13.2. The molecule has 1 radical (unpaired) electrons. The van der Waals surface area contributed by atoms with Crippen molar-refractivity contribution in [2.45, 2.75) is 13.3 Å². The second-order valence-corrected chi connectivity index (χ2v) is 6.74. The highest BCUT2D eigenvalue weighted by atomic mass is 28.3. The maximum Gasteiger partial charge on any atom is 0.423 e. The van der Waals surface area contributed by atoms with Gasteiger partial charge >= 0.3 is 9.28 Å². The number of Topliss-reactive ketones (excluding diaryl/α,β-unsaturated/α-hetero) is 2. The van der Waals surface area contributed by atoms with Crippen molar-refractivity contribution in [2.75, 3.05) is 13.7 Å². The number of rotatable bonds is 8. The van der Waals surface area contributed by atoms with Gasteiger partial charge in [0.25, 0.3) is 0 Å². The third-order valence-electron chi connectivity index (χ3n) is 3.30. The molecule has 0 saturated carbocycles. The SMILES string of the molecule is CCO[Si](OC)c1cccc(C(=O)CC(=O)c2ccccc2)c1. The van der Waals surface area contributed by atoms with Crippen molar-refractivity contribution < 1.29 is 18.4 Å². The van der Waals surface area contributed by atoms with Crippen LogP contribution < -0.4 is 5.19 Å². The van der Waals surface area contributed by atoms with Gasteiger partial charge in [-0.25, -0.2) is 0 Å². The molecular formula is C18H19O4Si. The number of hydrogen-bond donors (Lipinski definition) is 0. The van der Waals surface area contributed by atoms with Crippen LogP contribution in [-0.4, -0.2) is 34.6 Å². The van der Waals surface area contributed by atoms with E-state index in [1.54, 1.807) is 49.6 Å². The Morgan fingerprint density at radius 1 is 0.957 bits per heavy atom.